The average molecular weight is 427 g/mol. The first-order chi connectivity index (χ1) is 15.7. The lowest BCUT2D eigenvalue weighted by molar-refractivity contribution is -0.143. The maximum absolute atomic E-state index is 13.8. The van der Waals surface area contributed by atoms with Crippen LogP contribution in [0.5, 0.6) is 0 Å². The molecule has 3 aliphatic heterocycles. The Hall–Kier alpha value is -3.21. The van der Waals surface area contributed by atoms with Crippen molar-refractivity contribution in [1.82, 2.24) is 4.90 Å². The van der Waals surface area contributed by atoms with Crippen LogP contribution in [0.4, 0.5) is 5.69 Å². The molecule has 5 heteroatoms. The number of fused-ring (bicyclic) bond motifs is 5. The number of imide groups is 1. The van der Waals surface area contributed by atoms with Gasteiger partial charge in [-0.15, -0.1) is 0 Å². The Balaban J connectivity index is 1.46. The van der Waals surface area contributed by atoms with E-state index in [1.165, 1.54) is 0 Å². The second-order valence-electron chi connectivity index (χ2n) is 9.38. The number of nitrogens with zero attached hydrogens (tertiary/aromatic N) is 2. The lowest BCUT2D eigenvalue weighted by atomic mass is 9.86. The third kappa shape index (κ3) is 2.73. The fraction of sp³-hybridized carbons (Fsp3) is 0.370. The number of Topliss-reactive ketones (excluding diaryl/α,β-unsaturated/α-hetero) is 1. The largest absolute Gasteiger partial charge is 0.352 e. The highest BCUT2D eigenvalue weighted by Crippen LogP contribution is 2.50. The van der Waals surface area contributed by atoms with E-state index in [-0.39, 0.29) is 29.7 Å². The van der Waals surface area contributed by atoms with Gasteiger partial charge in [0.25, 0.3) is 0 Å². The van der Waals surface area contributed by atoms with Crippen LogP contribution in [0.25, 0.3) is 6.08 Å². The van der Waals surface area contributed by atoms with Crippen LogP contribution in [0.2, 0.25) is 0 Å². The van der Waals surface area contributed by atoms with Gasteiger partial charge in [-0.2, -0.15) is 0 Å². The molecule has 2 aromatic rings. The number of likely N-dealkylation sites (tertiary alicyclic amines) is 1. The van der Waals surface area contributed by atoms with Crippen LogP contribution in [0, 0.1) is 11.8 Å². The zero-order valence-corrected chi connectivity index (χ0v) is 17.9. The first kappa shape index (κ1) is 19.5. The minimum atomic E-state index is -0.677. The van der Waals surface area contributed by atoms with E-state index in [2.05, 4.69) is 0 Å². The zero-order valence-electron chi connectivity index (χ0n) is 17.9. The summed E-state index contributed by atoms with van der Waals surface area (Å²) in [5.41, 5.74) is 2.52. The Morgan fingerprint density at radius 3 is 2.28 bits per heavy atom. The molecule has 1 aliphatic carbocycles. The second-order valence-corrected chi connectivity index (χ2v) is 9.38. The van der Waals surface area contributed by atoms with E-state index in [4.69, 9.17) is 0 Å². The molecule has 2 amide bonds. The van der Waals surface area contributed by atoms with Crippen LogP contribution >= 0.6 is 0 Å². The number of carbonyl (C=O) groups is 3. The topological polar surface area (TPSA) is 57.7 Å². The first-order valence-corrected chi connectivity index (χ1v) is 11.7. The van der Waals surface area contributed by atoms with Gasteiger partial charge in [0.1, 0.15) is 6.04 Å². The molecule has 3 fully saturated rings. The monoisotopic (exact) mass is 426 g/mol. The SMILES string of the molecule is O=C(c1ccccc1)[C@@H]1[C@@H]2C(=O)N(C3CCCCC3)C(=O)[C@@H]2[C@H]2C=Cc3ccccc3N21. The number of para-hydroxylation sites is 1. The fourth-order valence-electron chi connectivity index (χ4n) is 6.31. The van der Waals surface area contributed by atoms with Crippen LogP contribution in [-0.4, -0.2) is 40.6 Å². The van der Waals surface area contributed by atoms with Gasteiger partial charge >= 0.3 is 0 Å². The summed E-state index contributed by atoms with van der Waals surface area (Å²) in [5, 5.41) is 0. The quantitative estimate of drug-likeness (QED) is 0.548. The van der Waals surface area contributed by atoms with Crippen LogP contribution in [0.3, 0.4) is 0 Å². The van der Waals surface area contributed by atoms with E-state index in [0.717, 1.165) is 43.4 Å². The summed E-state index contributed by atoms with van der Waals surface area (Å²) in [4.78, 5) is 44.9. The number of ketones is 1. The molecule has 0 aromatic heterocycles. The van der Waals surface area contributed by atoms with Crippen molar-refractivity contribution in [3.05, 3.63) is 71.8 Å². The summed E-state index contributed by atoms with van der Waals surface area (Å²) in [6.07, 6.45) is 9.06. The molecule has 4 aliphatic rings. The molecular formula is C27H26N2O3. The summed E-state index contributed by atoms with van der Waals surface area (Å²) in [6.45, 7) is 0. The molecule has 0 radical (unpaired) electrons. The maximum atomic E-state index is 13.8. The smallest absolute Gasteiger partial charge is 0.236 e. The molecule has 2 saturated heterocycles. The molecule has 0 unspecified atom stereocenters. The van der Waals surface area contributed by atoms with Crippen molar-refractivity contribution < 1.29 is 14.4 Å². The van der Waals surface area contributed by atoms with Gasteiger partial charge in [0.15, 0.2) is 5.78 Å². The average Bonchev–Trinajstić information content (AvgIpc) is 3.32. The van der Waals surface area contributed by atoms with Crippen molar-refractivity contribution in [3.63, 3.8) is 0 Å². The van der Waals surface area contributed by atoms with E-state index in [0.29, 0.717) is 5.56 Å². The van der Waals surface area contributed by atoms with E-state index < -0.39 is 17.9 Å². The summed E-state index contributed by atoms with van der Waals surface area (Å²) < 4.78 is 0. The van der Waals surface area contributed by atoms with Crippen LogP contribution < -0.4 is 4.90 Å². The highest BCUT2D eigenvalue weighted by atomic mass is 16.2. The number of rotatable bonds is 3. The highest BCUT2D eigenvalue weighted by Gasteiger charge is 2.64. The molecule has 32 heavy (non-hydrogen) atoms. The molecule has 3 heterocycles. The van der Waals surface area contributed by atoms with Gasteiger partial charge in [-0.25, -0.2) is 0 Å². The fourth-order valence-corrected chi connectivity index (χ4v) is 6.31. The Morgan fingerprint density at radius 1 is 0.812 bits per heavy atom. The summed E-state index contributed by atoms with van der Waals surface area (Å²) in [7, 11) is 0. The molecular weight excluding hydrogens is 400 g/mol. The molecule has 4 atom stereocenters. The van der Waals surface area contributed by atoms with Crippen molar-refractivity contribution in [1.29, 1.82) is 0 Å². The Kier molecular flexibility index (Phi) is 4.53. The van der Waals surface area contributed by atoms with Gasteiger partial charge in [0, 0.05) is 17.3 Å². The molecule has 0 N–H and O–H groups in total. The minimum Gasteiger partial charge on any atom is -0.352 e. The molecule has 0 bridgehead atoms. The molecule has 162 valence electrons. The summed E-state index contributed by atoms with van der Waals surface area (Å²) in [6, 6.07) is 16.1. The minimum absolute atomic E-state index is 0.0184. The molecule has 5 nitrogen and oxygen atoms in total. The summed E-state index contributed by atoms with van der Waals surface area (Å²) >= 11 is 0. The van der Waals surface area contributed by atoms with Gasteiger partial charge in [-0.1, -0.05) is 79.9 Å². The number of benzene rings is 2. The van der Waals surface area contributed by atoms with Crippen LogP contribution in [0.15, 0.2) is 60.7 Å². The zero-order chi connectivity index (χ0) is 21.8. The normalized spacial score (nSPS) is 29.1. The third-order valence-corrected chi connectivity index (χ3v) is 7.72. The second kappa shape index (κ2) is 7.44. The third-order valence-electron chi connectivity index (χ3n) is 7.72. The van der Waals surface area contributed by atoms with E-state index >= 15 is 0 Å². The van der Waals surface area contributed by atoms with Crippen molar-refractivity contribution in [2.45, 2.75) is 50.2 Å². The van der Waals surface area contributed by atoms with Gasteiger partial charge in [0.05, 0.1) is 17.9 Å². The first-order valence-electron chi connectivity index (χ1n) is 11.7. The predicted octanol–water partition coefficient (Wildman–Crippen LogP) is 4.09. The number of hydrogen-bond donors (Lipinski definition) is 0. The standard InChI is InChI=1S/C27H26N2O3/c30-25(18-10-3-1-4-11-18)24-23-22(21-16-15-17-9-7-8-14-20(17)29(21)24)26(31)28(27(23)32)19-12-5-2-6-13-19/h1,3-4,7-11,14-16,19,21-24H,2,5-6,12-13H2/t21-,22-,23-,24+/m1/s1. The maximum Gasteiger partial charge on any atom is 0.236 e. The van der Waals surface area contributed by atoms with Gasteiger partial charge < -0.3 is 4.90 Å². The Morgan fingerprint density at radius 2 is 1.50 bits per heavy atom. The number of anilines is 1. The predicted molar refractivity (Wildman–Crippen MR) is 122 cm³/mol. The van der Waals surface area contributed by atoms with Crippen molar-refractivity contribution in [3.8, 4) is 0 Å². The van der Waals surface area contributed by atoms with Crippen molar-refractivity contribution in [2.75, 3.05) is 4.90 Å². The Labute approximate surface area is 187 Å². The summed E-state index contributed by atoms with van der Waals surface area (Å²) in [5.74, 6) is -1.47. The molecule has 0 spiro atoms. The van der Waals surface area contributed by atoms with Crippen molar-refractivity contribution in [2.24, 2.45) is 11.8 Å². The van der Waals surface area contributed by atoms with Crippen LogP contribution in [0.1, 0.15) is 48.0 Å². The van der Waals surface area contributed by atoms with E-state index in [9.17, 15) is 14.4 Å². The van der Waals surface area contributed by atoms with E-state index in [1.807, 2.05) is 59.5 Å². The van der Waals surface area contributed by atoms with Crippen molar-refractivity contribution >= 4 is 29.4 Å². The van der Waals surface area contributed by atoms with Crippen LogP contribution in [-0.2, 0) is 9.59 Å². The number of amides is 2. The van der Waals surface area contributed by atoms with Gasteiger partial charge in [-0.05, 0) is 24.5 Å². The molecule has 2 aromatic carbocycles. The lowest BCUT2D eigenvalue weighted by Gasteiger charge is -2.38. The van der Waals surface area contributed by atoms with E-state index in [1.54, 1.807) is 17.0 Å². The van der Waals surface area contributed by atoms with Gasteiger partial charge in [0.2, 0.25) is 11.8 Å². The number of hydrogen-bond acceptors (Lipinski definition) is 4. The Bertz CT molecular complexity index is 1120. The lowest BCUT2D eigenvalue weighted by Crippen LogP contribution is -2.51. The highest BCUT2D eigenvalue weighted by molar-refractivity contribution is 6.14. The molecule has 1 saturated carbocycles. The van der Waals surface area contributed by atoms with Gasteiger partial charge in [-0.3, -0.25) is 19.3 Å². The number of carbonyl (C=O) groups excluding carboxylic acids is 3. The molecule has 6 rings (SSSR count).